The first-order valence-corrected chi connectivity index (χ1v) is 10.1. The zero-order valence-electron chi connectivity index (χ0n) is 16.9. The van der Waals surface area contributed by atoms with Gasteiger partial charge in [-0.25, -0.2) is 0 Å². The average molecular weight is 377 g/mol. The summed E-state index contributed by atoms with van der Waals surface area (Å²) in [6.45, 7) is 3.79. The van der Waals surface area contributed by atoms with E-state index in [0.29, 0.717) is 13.0 Å². The standard InChI is InChI=1S/C24H28N2O2/c1-16-7-8-19-20-13-24(27)15-26(2)10-9-23(24,14-22(20)25-21(19)11-16)17-5-4-6-18(12-17)28-3/h4-8,11-12,25,27H,9-10,13-15H2,1-3H3/t23-,24-/m0/s1. The molecule has 1 aliphatic carbocycles. The third-order valence-electron chi connectivity index (χ3n) is 7.06. The third-order valence-corrected chi connectivity index (χ3v) is 7.06. The van der Waals surface area contributed by atoms with Gasteiger partial charge in [-0.05, 0) is 61.8 Å². The van der Waals surface area contributed by atoms with Gasteiger partial charge in [0.15, 0.2) is 0 Å². The third kappa shape index (κ3) is 2.44. The van der Waals surface area contributed by atoms with Gasteiger partial charge in [-0.15, -0.1) is 0 Å². The Labute approximate surface area is 166 Å². The minimum atomic E-state index is -0.806. The van der Waals surface area contributed by atoms with Gasteiger partial charge in [0, 0.05) is 41.4 Å². The van der Waals surface area contributed by atoms with Crippen LogP contribution in [-0.4, -0.2) is 47.8 Å². The van der Waals surface area contributed by atoms with Crippen molar-refractivity contribution in [3.05, 3.63) is 64.8 Å². The van der Waals surface area contributed by atoms with E-state index in [2.05, 4.69) is 54.2 Å². The number of aliphatic hydroxyl groups is 1. The van der Waals surface area contributed by atoms with Crippen LogP contribution in [0.15, 0.2) is 42.5 Å². The molecule has 1 fully saturated rings. The highest BCUT2D eigenvalue weighted by Gasteiger charge is 2.57. The molecule has 3 aromatic rings. The van der Waals surface area contributed by atoms with E-state index in [1.54, 1.807) is 7.11 Å². The topological polar surface area (TPSA) is 48.5 Å². The number of aryl methyl sites for hydroxylation is 1. The molecule has 4 nitrogen and oxygen atoms in total. The quantitative estimate of drug-likeness (QED) is 0.719. The van der Waals surface area contributed by atoms with Crippen LogP contribution < -0.4 is 4.74 Å². The summed E-state index contributed by atoms with van der Waals surface area (Å²) in [4.78, 5) is 5.95. The minimum Gasteiger partial charge on any atom is -0.497 e. The molecule has 1 aromatic heterocycles. The van der Waals surface area contributed by atoms with E-state index >= 15 is 0 Å². The van der Waals surface area contributed by atoms with Gasteiger partial charge in [0.1, 0.15) is 5.75 Å². The SMILES string of the molecule is COc1cccc([C@@]23CCN(C)C[C@@]2(O)Cc2c([nH]c4cc(C)ccc24)C3)c1. The van der Waals surface area contributed by atoms with Crippen molar-refractivity contribution in [3.63, 3.8) is 0 Å². The number of nitrogens with zero attached hydrogens (tertiary/aromatic N) is 1. The van der Waals surface area contributed by atoms with Gasteiger partial charge >= 0.3 is 0 Å². The Morgan fingerprint density at radius 3 is 2.82 bits per heavy atom. The number of rotatable bonds is 2. The second kappa shape index (κ2) is 6.10. The first-order chi connectivity index (χ1) is 13.4. The number of aromatic nitrogens is 1. The van der Waals surface area contributed by atoms with Crippen LogP contribution in [0, 0.1) is 6.92 Å². The fourth-order valence-corrected chi connectivity index (χ4v) is 5.58. The molecule has 2 atom stereocenters. The van der Waals surface area contributed by atoms with Crippen LogP contribution in [0.3, 0.4) is 0 Å². The minimum absolute atomic E-state index is 0.309. The van der Waals surface area contributed by atoms with Crippen LogP contribution in [0.25, 0.3) is 10.9 Å². The van der Waals surface area contributed by atoms with Gasteiger partial charge < -0.3 is 19.7 Å². The molecular formula is C24H28N2O2. The molecular weight excluding hydrogens is 348 g/mol. The lowest BCUT2D eigenvalue weighted by Gasteiger charge is -2.56. The van der Waals surface area contributed by atoms with Crippen molar-refractivity contribution in [1.29, 1.82) is 0 Å². The van der Waals surface area contributed by atoms with Crippen molar-refractivity contribution in [2.24, 2.45) is 0 Å². The van der Waals surface area contributed by atoms with Gasteiger partial charge in [0.05, 0.1) is 12.7 Å². The molecule has 1 saturated heterocycles. The van der Waals surface area contributed by atoms with Crippen molar-refractivity contribution < 1.29 is 9.84 Å². The normalized spacial score (nSPS) is 27.4. The molecule has 4 heteroatoms. The zero-order chi connectivity index (χ0) is 19.5. The van der Waals surface area contributed by atoms with Gasteiger partial charge in [-0.1, -0.05) is 24.3 Å². The number of ether oxygens (including phenoxy) is 1. The maximum Gasteiger partial charge on any atom is 0.119 e. The Morgan fingerprint density at radius 2 is 2.00 bits per heavy atom. The lowest BCUT2D eigenvalue weighted by molar-refractivity contribution is -0.0972. The number of β-amino-alcohol motifs (C(OH)–C–C–N with tert-alkyl or cyclic N) is 1. The van der Waals surface area contributed by atoms with E-state index in [-0.39, 0.29) is 5.41 Å². The summed E-state index contributed by atoms with van der Waals surface area (Å²) in [5.41, 5.74) is 5.06. The molecule has 146 valence electrons. The number of methoxy groups -OCH3 is 1. The van der Waals surface area contributed by atoms with Crippen molar-refractivity contribution in [2.45, 2.75) is 37.2 Å². The summed E-state index contributed by atoms with van der Waals surface area (Å²) in [5.74, 6) is 0.853. The molecule has 0 spiro atoms. The second-order valence-corrected chi connectivity index (χ2v) is 8.82. The highest BCUT2D eigenvalue weighted by atomic mass is 16.5. The van der Waals surface area contributed by atoms with E-state index in [1.807, 2.05) is 12.1 Å². The molecule has 1 aliphatic heterocycles. The first kappa shape index (κ1) is 17.8. The number of likely N-dealkylation sites (N-methyl/N-ethyl adjacent to an activating group) is 1. The number of hydrogen-bond acceptors (Lipinski definition) is 3. The van der Waals surface area contributed by atoms with E-state index < -0.39 is 5.60 Å². The van der Waals surface area contributed by atoms with Crippen molar-refractivity contribution in [3.8, 4) is 5.75 Å². The summed E-state index contributed by atoms with van der Waals surface area (Å²) < 4.78 is 5.51. The Hall–Kier alpha value is -2.30. The summed E-state index contributed by atoms with van der Waals surface area (Å²) in [7, 11) is 3.82. The van der Waals surface area contributed by atoms with Crippen molar-refractivity contribution in [1.82, 2.24) is 9.88 Å². The van der Waals surface area contributed by atoms with Crippen LogP contribution in [0.5, 0.6) is 5.75 Å². The van der Waals surface area contributed by atoms with Crippen molar-refractivity contribution in [2.75, 3.05) is 27.2 Å². The van der Waals surface area contributed by atoms with Gasteiger partial charge in [-0.2, -0.15) is 0 Å². The molecule has 2 heterocycles. The Morgan fingerprint density at radius 1 is 1.14 bits per heavy atom. The fourth-order valence-electron chi connectivity index (χ4n) is 5.58. The van der Waals surface area contributed by atoms with E-state index in [9.17, 15) is 5.11 Å². The van der Waals surface area contributed by atoms with E-state index in [0.717, 1.165) is 25.1 Å². The molecule has 2 aliphatic rings. The van der Waals surface area contributed by atoms with Crippen LogP contribution in [0.4, 0.5) is 0 Å². The maximum atomic E-state index is 12.1. The number of fused-ring (bicyclic) bond motifs is 4. The average Bonchev–Trinajstić information content (AvgIpc) is 3.01. The summed E-state index contributed by atoms with van der Waals surface area (Å²) in [6.07, 6.45) is 2.43. The van der Waals surface area contributed by atoms with Crippen LogP contribution in [0.2, 0.25) is 0 Å². The number of likely N-dealkylation sites (tertiary alicyclic amines) is 1. The van der Waals surface area contributed by atoms with E-state index in [4.69, 9.17) is 4.74 Å². The number of nitrogens with one attached hydrogen (secondary N) is 1. The number of H-pyrrole nitrogens is 1. The number of benzene rings is 2. The monoisotopic (exact) mass is 376 g/mol. The second-order valence-electron chi connectivity index (χ2n) is 8.82. The molecule has 5 rings (SSSR count). The molecule has 0 bridgehead atoms. The summed E-state index contributed by atoms with van der Waals surface area (Å²) in [6, 6.07) is 14.9. The lowest BCUT2D eigenvalue weighted by Crippen LogP contribution is -2.65. The molecule has 0 unspecified atom stereocenters. The summed E-state index contributed by atoms with van der Waals surface area (Å²) in [5, 5.41) is 13.4. The maximum absolute atomic E-state index is 12.1. The van der Waals surface area contributed by atoms with Gasteiger partial charge in [-0.3, -0.25) is 0 Å². The first-order valence-electron chi connectivity index (χ1n) is 10.1. The molecule has 0 amide bonds. The molecule has 28 heavy (non-hydrogen) atoms. The van der Waals surface area contributed by atoms with Crippen LogP contribution >= 0.6 is 0 Å². The Balaban J connectivity index is 1.71. The lowest BCUT2D eigenvalue weighted by atomic mass is 9.56. The Bertz CT molecular complexity index is 1060. The van der Waals surface area contributed by atoms with Crippen LogP contribution in [-0.2, 0) is 18.3 Å². The highest BCUT2D eigenvalue weighted by Crippen LogP contribution is 2.51. The largest absolute Gasteiger partial charge is 0.497 e. The molecule has 0 radical (unpaired) electrons. The number of hydrogen-bond donors (Lipinski definition) is 2. The van der Waals surface area contributed by atoms with E-state index in [1.165, 1.54) is 33.3 Å². The number of aromatic amines is 1. The number of piperidine rings is 1. The molecule has 0 saturated carbocycles. The van der Waals surface area contributed by atoms with Gasteiger partial charge in [0.2, 0.25) is 0 Å². The molecule has 2 N–H and O–H groups in total. The summed E-state index contributed by atoms with van der Waals surface area (Å²) >= 11 is 0. The Kier molecular flexibility index (Phi) is 3.87. The van der Waals surface area contributed by atoms with Crippen LogP contribution in [0.1, 0.15) is 28.8 Å². The van der Waals surface area contributed by atoms with Crippen molar-refractivity contribution >= 4 is 10.9 Å². The predicted octanol–water partition coefficient (Wildman–Crippen LogP) is 3.59. The predicted molar refractivity (Wildman–Crippen MR) is 112 cm³/mol. The zero-order valence-corrected chi connectivity index (χ0v) is 16.9. The highest BCUT2D eigenvalue weighted by molar-refractivity contribution is 5.86. The molecule has 2 aromatic carbocycles. The fraction of sp³-hybridized carbons (Fsp3) is 0.417. The smallest absolute Gasteiger partial charge is 0.119 e. The van der Waals surface area contributed by atoms with Gasteiger partial charge in [0.25, 0.3) is 0 Å².